The van der Waals surface area contributed by atoms with E-state index >= 15 is 0 Å². The van der Waals surface area contributed by atoms with Gasteiger partial charge in [-0.3, -0.25) is 5.43 Å². The molecule has 2 heterocycles. The van der Waals surface area contributed by atoms with E-state index in [-0.39, 0.29) is 12.1 Å². The van der Waals surface area contributed by atoms with E-state index in [1.165, 1.54) is 13.3 Å². The Morgan fingerprint density at radius 3 is 2.75 bits per heavy atom. The van der Waals surface area contributed by atoms with E-state index in [4.69, 9.17) is 4.74 Å². The zero-order valence-electron chi connectivity index (χ0n) is 15.1. The second-order valence-corrected chi connectivity index (χ2v) is 6.46. The molecule has 8 heteroatoms. The molecule has 1 fully saturated rings. The number of nitrogens with zero attached hydrogens (tertiary/aromatic N) is 3. The molecule has 1 aliphatic rings. The minimum atomic E-state index is -0.162. The molecule has 0 spiro atoms. The highest BCUT2D eigenvalue weighted by molar-refractivity contribution is 9.10. The molecule has 2 atom stereocenters. The summed E-state index contributed by atoms with van der Waals surface area (Å²) in [5.41, 5.74) is 5.47. The Morgan fingerprint density at radius 1 is 1.38 bits per heavy atom. The third-order valence-electron chi connectivity index (χ3n) is 3.81. The number of hydrazine groups is 1. The fraction of sp³-hybridized carbons (Fsp3) is 0.688. The van der Waals surface area contributed by atoms with Crippen molar-refractivity contribution in [3.05, 3.63) is 10.8 Å². The van der Waals surface area contributed by atoms with Gasteiger partial charge in [0.1, 0.15) is 4.60 Å². The molecule has 1 aliphatic heterocycles. The SMILES string of the molecule is CC.COc1ncc(Br)nc1NNC(=O)N1CC(C)CCCC1C. The maximum Gasteiger partial charge on any atom is 0.336 e. The molecule has 1 aromatic heterocycles. The van der Waals surface area contributed by atoms with Crippen molar-refractivity contribution in [2.24, 2.45) is 5.92 Å². The third-order valence-corrected chi connectivity index (χ3v) is 4.19. The van der Waals surface area contributed by atoms with Crippen LogP contribution in [0.5, 0.6) is 5.88 Å². The first kappa shape index (κ1) is 20.5. The number of nitrogens with one attached hydrogen (secondary N) is 2. The number of anilines is 1. The highest BCUT2D eigenvalue weighted by atomic mass is 79.9. The second-order valence-electron chi connectivity index (χ2n) is 5.64. The van der Waals surface area contributed by atoms with Gasteiger partial charge in [0, 0.05) is 12.6 Å². The van der Waals surface area contributed by atoms with Gasteiger partial charge in [0.15, 0.2) is 0 Å². The van der Waals surface area contributed by atoms with Gasteiger partial charge >= 0.3 is 6.03 Å². The first-order valence-electron chi connectivity index (χ1n) is 8.40. The normalized spacial score (nSPS) is 20.3. The quantitative estimate of drug-likeness (QED) is 0.752. The van der Waals surface area contributed by atoms with Gasteiger partial charge in [0.2, 0.25) is 5.82 Å². The maximum absolute atomic E-state index is 12.4. The topological polar surface area (TPSA) is 79.4 Å². The summed E-state index contributed by atoms with van der Waals surface area (Å²) >= 11 is 3.24. The fourth-order valence-corrected chi connectivity index (χ4v) is 2.86. The molecule has 24 heavy (non-hydrogen) atoms. The fourth-order valence-electron chi connectivity index (χ4n) is 2.58. The van der Waals surface area contributed by atoms with Crippen LogP contribution in [0.25, 0.3) is 0 Å². The first-order chi connectivity index (χ1) is 11.5. The van der Waals surface area contributed by atoms with E-state index in [1.54, 1.807) is 0 Å². The highest BCUT2D eigenvalue weighted by Crippen LogP contribution is 2.22. The molecule has 2 amide bonds. The van der Waals surface area contributed by atoms with E-state index in [0.29, 0.717) is 22.2 Å². The van der Waals surface area contributed by atoms with Gasteiger partial charge in [-0.15, -0.1) is 0 Å². The molecule has 1 saturated heterocycles. The van der Waals surface area contributed by atoms with Crippen LogP contribution in [0.3, 0.4) is 0 Å². The number of halogens is 1. The zero-order valence-corrected chi connectivity index (χ0v) is 16.7. The number of ether oxygens (including phenoxy) is 1. The van der Waals surface area contributed by atoms with E-state index in [9.17, 15) is 4.79 Å². The van der Waals surface area contributed by atoms with Gasteiger partial charge in [-0.05, 0) is 41.6 Å². The molecule has 0 bridgehead atoms. The summed E-state index contributed by atoms with van der Waals surface area (Å²) in [6, 6.07) is 0.0623. The van der Waals surface area contributed by atoms with Crippen LogP contribution in [0.15, 0.2) is 10.8 Å². The smallest absolute Gasteiger partial charge is 0.336 e. The molecule has 0 aliphatic carbocycles. The lowest BCUT2D eigenvalue weighted by atomic mass is 10.1. The highest BCUT2D eigenvalue weighted by Gasteiger charge is 2.25. The number of urea groups is 1. The van der Waals surface area contributed by atoms with E-state index < -0.39 is 0 Å². The van der Waals surface area contributed by atoms with Crippen LogP contribution in [0.1, 0.15) is 47.0 Å². The Labute approximate surface area is 152 Å². The number of carbonyl (C=O) groups excluding carboxylic acids is 1. The van der Waals surface area contributed by atoms with Crippen LogP contribution in [-0.4, -0.2) is 40.6 Å². The summed E-state index contributed by atoms with van der Waals surface area (Å²) in [7, 11) is 1.50. The molecule has 2 rings (SSSR count). The summed E-state index contributed by atoms with van der Waals surface area (Å²) in [4.78, 5) is 22.5. The van der Waals surface area contributed by atoms with E-state index in [2.05, 4.69) is 50.6 Å². The van der Waals surface area contributed by atoms with E-state index in [0.717, 1.165) is 25.8 Å². The van der Waals surface area contributed by atoms with Gasteiger partial charge in [-0.2, -0.15) is 0 Å². The van der Waals surface area contributed by atoms with Crippen LogP contribution in [0.2, 0.25) is 0 Å². The Morgan fingerprint density at radius 2 is 2.08 bits per heavy atom. The van der Waals surface area contributed by atoms with Crippen molar-refractivity contribution in [2.45, 2.75) is 53.0 Å². The molecule has 0 radical (unpaired) electrons. The van der Waals surface area contributed by atoms with Gasteiger partial charge < -0.3 is 9.64 Å². The first-order valence-corrected chi connectivity index (χ1v) is 9.19. The Hall–Kier alpha value is -1.57. The van der Waals surface area contributed by atoms with Gasteiger partial charge in [-0.1, -0.05) is 27.2 Å². The van der Waals surface area contributed by atoms with Crippen molar-refractivity contribution in [2.75, 3.05) is 19.1 Å². The molecule has 136 valence electrons. The number of carbonyl (C=O) groups is 1. The summed E-state index contributed by atoms with van der Waals surface area (Å²) in [6.45, 7) is 9.02. The minimum Gasteiger partial charge on any atom is -0.478 e. The van der Waals surface area contributed by atoms with Gasteiger partial charge in [0.25, 0.3) is 5.88 Å². The summed E-state index contributed by atoms with van der Waals surface area (Å²) < 4.78 is 5.67. The van der Waals surface area contributed by atoms with Gasteiger partial charge in [0.05, 0.1) is 13.3 Å². The number of aromatic nitrogens is 2. The van der Waals surface area contributed by atoms with Crippen molar-refractivity contribution in [1.82, 2.24) is 20.3 Å². The van der Waals surface area contributed by atoms with Crippen molar-refractivity contribution < 1.29 is 9.53 Å². The van der Waals surface area contributed by atoms with Crippen molar-refractivity contribution in [1.29, 1.82) is 0 Å². The number of likely N-dealkylation sites (tertiary alicyclic amines) is 1. The molecule has 0 saturated carbocycles. The van der Waals surface area contributed by atoms with Gasteiger partial charge in [-0.25, -0.2) is 20.2 Å². The Bertz CT molecular complexity index is 529. The molecule has 2 N–H and O–H groups in total. The van der Waals surface area contributed by atoms with Crippen LogP contribution in [0, 0.1) is 5.92 Å². The van der Waals surface area contributed by atoms with E-state index in [1.807, 2.05) is 18.7 Å². The number of amides is 2. The Kier molecular flexibility index (Phi) is 8.81. The van der Waals surface area contributed by atoms with Crippen molar-refractivity contribution >= 4 is 27.8 Å². The lowest BCUT2D eigenvalue weighted by molar-refractivity contribution is 0.175. The standard InChI is InChI=1S/C14H22BrN5O2.C2H6/c1-9-5-4-6-10(2)20(8-9)14(21)19-18-12-13(22-3)16-7-11(15)17-12;1-2/h7,9-10H,4-6,8H2,1-3H3,(H,17,18)(H,19,21);1-2H3. The molecule has 2 unspecified atom stereocenters. The summed E-state index contributed by atoms with van der Waals surface area (Å²) in [6.07, 6.45) is 4.87. The average Bonchev–Trinajstić information content (AvgIpc) is 2.75. The third kappa shape index (κ3) is 5.81. The minimum absolute atomic E-state index is 0.162. The summed E-state index contributed by atoms with van der Waals surface area (Å²) in [5.74, 6) is 1.19. The molecular formula is C16H28BrN5O2. The van der Waals surface area contributed by atoms with Crippen LogP contribution in [0.4, 0.5) is 10.6 Å². The molecule has 0 aromatic carbocycles. The molecular weight excluding hydrogens is 374 g/mol. The predicted octanol–water partition coefficient (Wildman–Crippen LogP) is 3.82. The van der Waals surface area contributed by atoms with Crippen molar-refractivity contribution in [3.8, 4) is 5.88 Å². The lowest BCUT2D eigenvalue weighted by Crippen LogP contribution is -2.47. The number of hydrogen-bond acceptors (Lipinski definition) is 5. The van der Waals surface area contributed by atoms with Crippen LogP contribution < -0.4 is 15.6 Å². The average molecular weight is 402 g/mol. The van der Waals surface area contributed by atoms with Crippen molar-refractivity contribution in [3.63, 3.8) is 0 Å². The largest absolute Gasteiger partial charge is 0.478 e. The number of hydrogen-bond donors (Lipinski definition) is 2. The Balaban J connectivity index is 0.00000139. The summed E-state index contributed by atoms with van der Waals surface area (Å²) in [5, 5.41) is 0. The zero-order chi connectivity index (χ0) is 18.1. The maximum atomic E-state index is 12.4. The molecule has 1 aromatic rings. The molecule has 7 nitrogen and oxygen atoms in total. The predicted molar refractivity (Wildman–Crippen MR) is 99.0 cm³/mol. The lowest BCUT2D eigenvalue weighted by Gasteiger charge is -2.28. The second kappa shape index (κ2) is 10.3. The number of rotatable bonds is 3. The van der Waals surface area contributed by atoms with Crippen LogP contribution >= 0.6 is 15.9 Å². The van der Waals surface area contributed by atoms with Crippen LogP contribution in [-0.2, 0) is 0 Å². The monoisotopic (exact) mass is 401 g/mol. The number of methoxy groups -OCH3 is 1.